The predicted molar refractivity (Wildman–Crippen MR) is 189 cm³/mol. The van der Waals surface area contributed by atoms with E-state index in [9.17, 15) is 0 Å². The second-order valence-electron chi connectivity index (χ2n) is 11.3. The van der Waals surface area contributed by atoms with Crippen molar-refractivity contribution in [3.05, 3.63) is 152 Å². The van der Waals surface area contributed by atoms with Crippen molar-refractivity contribution in [3.8, 4) is 45.3 Å². The van der Waals surface area contributed by atoms with Crippen molar-refractivity contribution in [2.24, 2.45) is 0 Å². The largest absolute Gasteiger partial charge is 0.208 e. The summed E-state index contributed by atoms with van der Waals surface area (Å²) in [6.45, 7) is 0. The summed E-state index contributed by atoms with van der Waals surface area (Å²) in [7, 11) is 0. The van der Waals surface area contributed by atoms with Crippen LogP contribution >= 0.6 is 11.3 Å². The zero-order valence-corrected chi connectivity index (χ0v) is 25.0. The zero-order valence-electron chi connectivity index (χ0n) is 24.2. The van der Waals surface area contributed by atoms with E-state index in [1.165, 1.54) is 47.5 Å². The Balaban J connectivity index is 1.26. The average Bonchev–Trinajstić information content (AvgIpc) is 3.50. The van der Waals surface area contributed by atoms with E-state index < -0.39 is 0 Å². The highest BCUT2D eigenvalue weighted by Gasteiger charge is 2.16. The fraction of sp³-hybridized carbons (Fsp3) is 0. The number of fused-ring (bicyclic) bond motifs is 5. The number of rotatable bonds is 4. The first kappa shape index (κ1) is 25.8. The molecule has 9 aromatic rings. The highest BCUT2D eigenvalue weighted by molar-refractivity contribution is 7.25. The molecule has 2 heterocycles. The molecule has 9 rings (SSSR count). The van der Waals surface area contributed by atoms with Crippen molar-refractivity contribution in [3.63, 3.8) is 0 Å². The molecule has 45 heavy (non-hydrogen) atoms. The summed E-state index contributed by atoms with van der Waals surface area (Å²) >= 11 is 1.85. The highest BCUT2D eigenvalue weighted by Crippen LogP contribution is 2.42. The molecule has 3 nitrogen and oxygen atoms in total. The zero-order chi connectivity index (χ0) is 29.7. The third-order valence-corrected chi connectivity index (χ3v) is 9.64. The third-order valence-electron chi connectivity index (χ3n) is 8.51. The fourth-order valence-corrected chi connectivity index (χ4v) is 7.46. The second kappa shape index (κ2) is 10.5. The lowest BCUT2D eigenvalue weighted by molar-refractivity contribution is 1.08. The van der Waals surface area contributed by atoms with Gasteiger partial charge in [0, 0.05) is 36.9 Å². The Bertz CT molecular complexity index is 2550. The summed E-state index contributed by atoms with van der Waals surface area (Å²) in [5.41, 5.74) is 5.33. The number of hydrogen-bond donors (Lipinski definition) is 0. The van der Waals surface area contributed by atoms with Crippen LogP contribution in [0.25, 0.3) is 87.0 Å². The van der Waals surface area contributed by atoms with Crippen molar-refractivity contribution >= 4 is 53.1 Å². The minimum atomic E-state index is 0.655. The maximum absolute atomic E-state index is 5.08. The molecule has 0 spiro atoms. The summed E-state index contributed by atoms with van der Waals surface area (Å²) in [4.78, 5) is 15.1. The van der Waals surface area contributed by atoms with Crippen LogP contribution in [0.1, 0.15) is 0 Å². The topological polar surface area (TPSA) is 38.7 Å². The van der Waals surface area contributed by atoms with Gasteiger partial charge < -0.3 is 0 Å². The van der Waals surface area contributed by atoms with E-state index in [0.29, 0.717) is 17.5 Å². The van der Waals surface area contributed by atoms with Crippen LogP contribution in [0.4, 0.5) is 0 Å². The van der Waals surface area contributed by atoms with E-state index in [0.717, 1.165) is 22.1 Å². The van der Waals surface area contributed by atoms with Gasteiger partial charge in [-0.25, -0.2) is 15.0 Å². The molecular formula is C41H25N3S. The van der Waals surface area contributed by atoms with Gasteiger partial charge in [-0.2, -0.15) is 0 Å². The van der Waals surface area contributed by atoms with E-state index in [1.807, 2.05) is 41.7 Å². The van der Waals surface area contributed by atoms with Gasteiger partial charge in [-0.15, -0.1) is 11.3 Å². The summed E-state index contributed by atoms with van der Waals surface area (Å²) in [5.74, 6) is 1.97. The quantitative estimate of drug-likeness (QED) is 0.204. The maximum atomic E-state index is 5.08. The monoisotopic (exact) mass is 591 g/mol. The molecule has 0 aliphatic carbocycles. The van der Waals surface area contributed by atoms with E-state index in [2.05, 4.69) is 121 Å². The number of benzene rings is 7. The Hall–Kier alpha value is -5.71. The SMILES string of the molecule is c1ccc(-c2nc(-c3ccc4ccccc4c3)nc(-c3ccc4cccc(-c5cccc6sc7ccccc7c56)c4c3)n2)cc1. The summed E-state index contributed by atoms with van der Waals surface area (Å²) in [6, 6.07) is 53.4. The Labute approximate surface area is 264 Å². The van der Waals surface area contributed by atoms with Crippen molar-refractivity contribution in [2.45, 2.75) is 0 Å². The molecule has 2 aromatic heterocycles. The molecule has 210 valence electrons. The first-order valence-electron chi connectivity index (χ1n) is 15.0. The van der Waals surface area contributed by atoms with Crippen molar-refractivity contribution in [2.75, 3.05) is 0 Å². The molecule has 0 aliphatic heterocycles. The number of hydrogen-bond acceptors (Lipinski definition) is 4. The lowest BCUT2D eigenvalue weighted by atomic mass is 9.93. The van der Waals surface area contributed by atoms with E-state index in [-0.39, 0.29) is 0 Å². The molecule has 0 saturated carbocycles. The first-order chi connectivity index (χ1) is 22.3. The summed E-state index contributed by atoms with van der Waals surface area (Å²) in [6.07, 6.45) is 0. The molecular weight excluding hydrogens is 567 g/mol. The van der Waals surface area contributed by atoms with Gasteiger partial charge in [0.15, 0.2) is 17.5 Å². The molecule has 0 N–H and O–H groups in total. The van der Waals surface area contributed by atoms with Crippen LogP contribution < -0.4 is 0 Å². The lowest BCUT2D eigenvalue weighted by Crippen LogP contribution is -2.00. The Morgan fingerprint density at radius 1 is 0.356 bits per heavy atom. The molecule has 4 heteroatoms. The van der Waals surface area contributed by atoms with Crippen molar-refractivity contribution in [1.82, 2.24) is 15.0 Å². The maximum Gasteiger partial charge on any atom is 0.164 e. The fourth-order valence-electron chi connectivity index (χ4n) is 6.32. The van der Waals surface area contributed by atoms with Crippen molar-refractivity contribution < 1.29 is 0 Å². The Kier molecular flexibility index (Phi) is 6.00. The predicted octanol–water partition coefficient (Wildman–Crippen LogP) is 11.2. The van der Waals surface area contributed by atoms with Crippen LogP contribution in [-0.4, -0.2) is 15.0 Å². The van der Waals surface area contributed by atoms with Crippen LogP contribution in [0.15, 0.2) is 152 Å². The van der Waals surface area contributed by atoms with Gasteiger partial charge >= 0.3 is 0 Å². The molecule has 0 fully saturated rings. The molecule has 0 radical (unpaired) electrons. The van der Waals surface area contributed by atoms with E-state index >= 15 is 0 Å². The van der Waals surface area contributed by atoms with Crippen LogP contribution in [0.5, 0.6) is 0 Å². The van der Waals surface area contributed by atoms with Crippen molar-refractivity contribution in [1.29, 1.82) is 0 Å². The van der Waals surface area contributed by atoms with Gasteiger partial charge in [-0.1, -0.05) is 127 Å². The van der Waals surface area contributed by atoms with E-state index in [4.69, 9.17) is 15.0 Å². The standard InChI is InChI=1S/C41H25N3S/c1-2-11-28(12-3-1)39-42-40(30-22-20-26-10-4-5-13-29(26)24-30)44-41(43-39)31-23-21-27-14-8-16-32(35(27)25-31)33-17-9-19-37-38(33)34-15-6-7-18-36(34)45-37/h1-25H. The van der Waals surface area contributed by atoms with Gasteiger partial charge in [0.1, 0.15) is 0 Å². The van der Waals surface area contributed by atoms with Gasteiger partial charge in [-0.3, -0.25) is 0 Å². The Morgan fingerprint density at radius 3 is 1.80 bits per heavy atom. The highest BCUT2D eigenvalue weighted by atomic mass is 32.1. The number of nitrogens with zero attached hydrogens (tertiary/aromatic N) is 3. The minimum absolute atomic E-state index is 0.655. The third kappa shape index (κ3) is 4.46. The van der Waals surface area contributed by atoms with E-state index in [1.54, 1.807) is 0 Å². The van der Waals surface area contributed by atoms with Gasteiger partial charge in [-0.05, 0) is 56.9 Å². The lowest BCUT2D eigenvalue weighted by Gasteiger charge is -2.12. The molecule has 0 amide bonds. The van der Waals surface area contributed by atoms with Gasteiger partial charge in [0.2, 0.25) is 0 Å². The van der Waals surface area contributed by atoms with Crippen LogP contribution in [0.2, 0.25) is 0 Å². The molecule has 0 aliphatic rings. The normalized spacial score (nSPS) is 11.6. The minimum Gasteiger partial charge on any atom is -0.208 e. The summed E-state index contributed by atoms with van der Waals surface area (Å²) in [5, 5.41) is 7.30. The molecule has 0 unspecified atom stereocenters. The Morgan fingerprint density at radius 2 is 0.956 bits per heavy atom. The molecule has 0 saturated heterocycles. The van der Waals surface area contributed by atoms with Crippen LogP contribution in [-0.2, 0) is 0 Å². The number of aromatic nitrogens is 3. The molecule has 0 bridgehead atoms. The average molecular weight is 592 g/mol. The first-order valence-corrected chi connectivity index (χ1v) is 15.8. The van der Waals surface area contributed by atoms with Gasteiger partial charge in [0.05, 0.1) is 0 Å². The van der Waals surface area contributed by atoms with Gasteiger partial charge in [0.25, 0.3) is 0 Å². The molecule has 7 aromatic carbocycles. The number of thiophene rings is 1. The summed E-state index contributed by atoms with van der Waals surface area (Å²) < 4.78 is 2.60. The smallest absolute Gasteiger partial charge is 0.164 e. The second-order valence-corrected chi connectivity index (χ2v) is 12.3. The molecule has 0 atom stereocenters. The van der Waals surface area contributed by atoms with Crippen LogP contribution in [0, 0.1) is 0 Å². The van der Waals surface area contributed by atoms with Crippen LogP contribution in [0.3, 0.4) is 0 Å².